The Hall–Kier alpha value is -6.17. The van der Waals surface area contributed by atoms with Gasteiger partial charge in [0.15, 0.2) is 23.0 Å². The summed E-state index contributed by atoms with van der Waals surface area (Å²) >= 11 is 0. The van der Waals surface area contributed by atoms with E-state index in [1.807, 2.05) is 0 Å². The number of hydrogen-bond acceptors (Lipinski definition) is 9. The zero-order valence-corrected chi connectivity index (χ0v) is 26.8. The number of carbonyl (C=O) groups is 3. The fraction of sp³-hybridized carbons (Fsp3) is 0.171. The van der Waals surface area contributed by atoms with Crippen LogP contribution in [0.5, 0.6) is 34.5 Å². The highest BCUT2D eigenvalue weighted by molar-refractivity contribution is 6.07. The normalized spacial score (nSPS) is 11.2. The van der Waals surface area contributed by atoms with Crippen LogP contribution in [0, 0.1) is 0 Å². The Balaban J connectivity index is 1.71. The van der Waals surface area contributed by atoms with E-state index in [1.165, 1.54) is 85.2 Å². The first kappa shape index (κ1) is 35.3. The lowest BCUT2D eigenvalue weighted by molar-refractivity contribution is -0.112. The van der Waals surface area contributed by atoms with Crippen molar-refractivity contribution in [3.8, 4) is 34.5 Å². The van der Waals surface area contributed by atoms with Gasteiger partial charge in [-0.1, -0.05) is 36.5 Å². The number of amides is 2. The highest BCUT2D eigenvalue weighted by Crippen LogP contribution is 2.39. The molecule has 47 heavy (non-hydrogen) atoms. The molecule has 3 aromatic rings. The summed E-state index contributed by atoms with van der Waals surface area (Å²) in [5, 5.41) is 14.7. The smallest absolute Gasteiger partial charge is 0.335 e. The Bertz CT molecular complexity index is 1670. The summed E-state index contributed by atoms with van der Waals surface area (Å²) in [5.41, 5.74) is 1.70. The number of carbonyl (C=O) groups excluding carboxylic acids is 2. The van der Waals surface area contributed by atoms with Crippen LogP contribution in [-0.4, -0.2) is 65.5 Å². The van der Waals surface area contributed by atoms with Crippen LogP contribution in [0.3, 0.4) is 0 Å². The lowest BCUT2D eigenvalue weighted by atomic mass is 10.1. The van der Waals surface area contributed by atoms with Crippen molar-refractivity contribution < 1.29 is 47.9 Å². The molecule has 0 aliphatic carbocycles. The zero-order chi connectivity index (χ0) is 34.3. The van der Waals surface area contributed by atoms with Crippen molar-refractivity contribution in [2.75, 3.05) is 53.3 Å². The van der Waals surface area contributed by atoms with Gasteiger partial charge in [-0.2, -0.15) is 0 Å². The molecule has 0 spiro atoms. The molecule has 12 heteroatoms. The van der Waals surface area contributed by atoms with Gasteiger partial charge in [-0.05, 0) is 53.6 Å². The summed E-state index contributed by atoms with van der Waals surface area (Å²) in [4.78, 5) is 37.0. The maximum absolute atomic E-state index is 12.7. The third kappa shape index (κ3) is 9.66. The van der Waals surface area contributed by atoms with Gasteiger partial charge in [-0.3, -0.25) is 9.59 Å². The average molecular weight is 645 g/mol. The zero-order valence-electron chi connectivity index (χ0n) is 26.8. The summed E-state index contributed by atoms with van der Waals surface area (Å²) in [6.45, 7) is 0. The number of carboxylic acids is 1. The summed E-state index contributed by atoms with van der Waals surface area (Å²) < 4.78 is 32.1. The molecule has 0 bridgehead atoms. The fourth-order valence-electron chi connectivity index (χ4n) is 4.25. The third-order valence-corrected chi connectivity index (χ3v) is 6.45. The van der Waals surface area contributed by atoms with Crippen molar-refractivity contribution >= 4 is 41.3 Å². The molecule has 246 valence electrons. The van der Waals surface area contributed by atoms with Crippen molar-refractivity contribution in [3.05, 3.63) is 95.6 Å². The van der Waals surface area contributed by atoms with Crippen LogP contribution < -0.4 is 39.1 Å². The predicted octanol–water partition coefficient (Wildman–Crippen LogP) is 5.85. The number of nitrogens with one attached hydrogen (secondary N) is 2. The molecular formula is C35H36N2O10. The molecule has 0 aromatic heterocycles. The first-order valence-electron chi connectivity index (χ1n) is 14.0. The van der Waals surface area contributed by atoms with E-state index in [2.05, 4.69) is 10.6 Å². The molecule has 2 amide bonds. The first-order chi connectivity index (χ1) is 22.7. The topological polar surface area (TPSA) is 151 Å². The van der Waals surface area contributed by atoms with E-state index in [9.17, 15) is 19.5 Å². The average Bonchev–Trinajstić information content (AvgIpc) is 3.08. The van der Waals surface area contributed by atoms with E-state index in [1.54, 1.807) is 48.6 Å². The first-order valence-corrected chi connectivity index (χ1v) is 14.0. The minimum absolute atomic E-state index is 0.0756. The minimum Gasteiger partial charge on any atom is -0.493 e. The van der Waals surface area contributed by atoms with Crippen molar-refractivity contribution in [1.82, 2.24) is 0 Å². The van der Waals surface area contributed by atoms with Gasteiger partial charge in [-0.25, -0.2) is 4.79 Å². The Labute approximate surface area is 272 Å². The van der Waals surface area contributed by atoms with Gasteiger partial charge in [0, 0.05) is 12.2 Å². The largest absolute Gasteiger partial charge is 0.493 e. The number of aromatic carboxylic acids is 1. The van der Waals surface area contributed by atoms with Gasteiger partial charge < -0.3 is 44.2 Å². The van der Waals surface area contributed by atoms with E-state index in [4.69, 9.17) is 28.4 Å². The van der Waals surface area contributed by atoms with E-state index in [0.717, 1.165) is 11.1 Å². The third-order valence-electron chi connectivity index (χ3n) is 6.45. The minimum atomic E-state index is -1.20. The van der Waals surface area contributed by atoms with Crippen LogP contribution >= 0.6 is 0 Å². The predicted molar refractivity (Wildman–Crippen MR) is 179 cm³/mol. The lowest BCUT2D eigenvalue weighted by Crippen LogP contribution is -2.14. The summed E-state index contributed by atoms with van der Waals surface area (Å²) in [6, 6.07) is 11.0. The van der Waals surface area contributed by atoms with Crippen molar-refractivity contribution in [3.63, 3.8) is 0 Å². The molecule has 0 unspecified atom stereocenters. The summed E-state index contributed by atoms with van der Waals surface area (Å²) in [6.07, 6.45) is 12.3. The van der Waals surface area contributed by atoms with Gasteiger partial charge in [0.05, 0.1) is 59.6 Å². The maximum atomic E-state index is 12.7. The second kappa shape index (κ2) is 17.4. The molecule has 0 fully saturated rings. The quantitative estimate of drug-likeness (QED) is 0.136. The summed E-state index contributed by atoms with van der Waals surface area (Å²) in [7, 11) is 9.08. The molecule has 0 aliphatic heterocycles. The van der Waals surface area contributed by atoms with Gasteiger partial charge in [0.1, 0.15) is 0 Å². The van der Waals surface area contributed by atoms with Crippen molar-refractivity contribution in [2.24, 2.45) is 0 Å². The highest BCUT2D eigenvalue weighted by Gasteiger charge is 2.14. The van der Waals surface area contributed by atoms with Crippen LogP contribution in [0.4, 0.5) is 11.4 Å². The number of carboxylic acid groups (broad SMARTS) is 1. The number of ether oxygens (including phenoxy) is 6. The Morgan fingerprint density at radius 3 is 1.32 bits per heavy atom. The van der Waals surface area contributed by atoms with Crippen LogP contribution in [0.15, 0.2) is 78.9 Å². The van der Waals surface area contributed by atoms with Gasteiger partial charge in [-0.15, -0.1) is 0 Å². The monoisotopic (exact) mass is 644 g/mol. The molecule has 0 saturated carbocycles. The molecule has 0 atom stereocenters. The number of allylic oxidation sites excluding steroid dienone is 4. The SMILES string of the molecule is COc1cc(C=CC=CC(=O)Nc2ccc(C(=O)O)cc2NC(=O)C=CC=Cc2cc(OC)c(OC)c(OC)c2)cc(OC)c1OC. The standard InChI is InChI=1S/C35H36N2O10/c1-42-27-17-22(18-28(43-2)33(27)46-5)11-7-9-13-31(38)36-25-16-15-24(35(40)41)21-26(25)37-32(39)14-10-8-12-23-19-29(44-3)34(47-6)30(20-23)45-4/h7-21H,1-6H3,(H,36,38)(H,37,39)(H,40,41). The second-order valence-electron chi connectivity index (χ2n) is 9.40. The molecule has 12 nitrogen and oxygen atoms in total. The van der Waals surface area contributed by atoms with Crippen molar-refractivity contribution in [1.29, 1.82) is 0 Å². The molecule has 0 radical (unpaired) electrons. The highest BCUT2D eigenvalue weighted by atomic mass is 16.5. The van der Waals surface area contributed by atoms with Crippen LogP contribution in [0.1, 0.15) is 21.5 Å². The van der Waals surface area contributed by atoms with E-state index in [-0.39, 0.29) is 16.9 Å². The fourth-order valence-corrected chi connectivity index (χ4v) is 4.25. The molecule has 0 saturated heterocycles. The van der Waals surface area contributed by atoms with Gasteiger partial charge in [0.2, 0.25) is 23.3 Å². The maximum Gasteiger partial charge on any atom is 0.335 e. The van der Waals surface area contributed by atoms with Crippen LogP contribution in [0.25, 0.3) is 12.2 Å². The molecule has 0 aliphatic rings. The second-order valence-corrected chi connectivity index (χ2v) is 9.40. The number of hydrogen-bond donors (Lipinski definition) is 3. The summed E-state index contributed by atoms with van der Waals surface area (Å²) in [5.74, 6) is 0.574. The Kier molecular flexibility index (Phi) is 13.0. The van der Waals surface area contributed by atoms with Crippen LogP contribution in [0.2, 0.25) is 0 Å². The number of anilines is 2. The number of benzene rings is 3. The van der Waals surface area contributed by atoms with E-state index in [0.29, 0.717) is 34.5 Å². The molecule has 0 heterocycles. The number of rotatable bonds is 15. The van der Waals surface area contributed by atoms with Crippen molar-refractivity contribution in [2.45, 2.75) is 0 Å². The van der Waals surface area contributed by atoms with Gasteiger partial charge >= 0.3 is 5.97 Å². The van der Waals surface area contributed by atoms with E-state index >= 15 is 0 Å². The number of methoxy groups -OCH3 is 6. The molecule has 3 N–H and O–H groups in total. The van der Waals surface area contributed by atoms with E-state index < -0.39 is 17.8 Å². The molecule has 3 rings (SSSR count). The lowest BCUT2D eigenvalue weighted by Gasteiger charge is -2.12. The van der Waals surface area contributed by atoms with Crippen LogP contribution in [-0.2, 0) is 9.59 Å². The molecule has 3 aromatic carbocycles. The van der Waals surface area contributed by atoms with Gasteiger partial charge in [0.25, 0.3) is 0 Å². The Morgan fingerprint density at radius 1 is 0.553 bits per heavy atom. The Morgan fingerprint density at radius 2 is 0.957 bits per heavy atom. The molecular weight excluding hydrogens is 608 g/mol.